The van der Waals surface area contributed by atoms with E-state index < -0.39 is 0 Å². The van der Waals surface area contributed by atoms with Gasteiger partial charge in [-0.3, -0.25) is 0 Å². The molecule has 0 radical (unpaired) electrons. The van der Waals surface area contributed by atoms with E-state index in [0.29, 0.717) is 0 Å². The van der Waals surface area contributed by atoms with Crippen LogP contribution in [0.5, 0.6) is 0 Å². The highest BCUT2D eigenvalue weighted by molar-refractivity contribution is 7.98. The van der Waals surface area contributed by atoms with Crippen LogP contribution in [0.1, 0.15) is 20.3 Å². The maximum Gasteiger partial charge on any atom is 0.127 e. The molecule has 1 unspecified atom stereocenters. The predicted molar refractivity (Wildman–Crippen MR) is 60.3 cm³/mol. The third kappa shape index (κ3) is 5.32. The van der Waals surface area contributed by atoms with E-state index >= 15 is 0 Å². The van der Waals surface area contributed by atoms with Crippen LogP contribution in [0.2, 0.25) is 0 Å². The van der Waals surface area contributed by atoms with Crippen molar-refractivity contribution in [2.24, 2.45) is 5.41 Å². The molecule has 0 saturated heterocycles. The zero-order valence-electron chi connectivity index (χ0n) is 9.17. The molecule has 0 N–H and O–H groups in total. The van der Waals surface area contributed by atoms with Crippen molar-refractivity contribution in [3.63, 3.8) is 0 Å². The van der Waals surface area contributed by atoms with Crippen molar-refractivity contribution in [1.82, 2.24) is 4.90 Å². The van der Waals surface area contributed by atoms with E-state index in [1.54, 1.807) is 0 Å². The molecular weight excluding hydrogens is 182 g/mol. The molecule has 0 aromatic rings. The van der Waals surface area contributed by atoms with E-state index in [1.807, 2.05) is 18.7 Å². The van der Waals surface area contributed by atoms with Gasteiger partial charge in [-0.1, -0.05) is 13.8 Å². The molecule has 13 heavy (non-hydrogen) atoms. The maximum absolute atomic E-state index is 10.8. The summed E-state index contributed by atoms with van der Waals surface area (Å²) in [6.07, 6.45) is 4.11. The van der Waals surface area contributed by atoms with Gasteiger partial charge in [-0.15, -0.1) is 0 Å². The number of rotatable bonds is 7. The van der Waals surface area contributed by atoms with Crippen LogP contribution in [-0.4, -0.2) is 43.3 Å². The van der Waals surface area contributed by atoms with Gasteiger partial charge in [-0.05, 0) is 19.7 Å². The first-order valence-corrected chi connectivity index (χ1v) is 6.11. The van der Waals surface area contributed by atoms with Crippen LogP contribution >= 0.6 is 11.8 Å². The van der Waals surface area contributed by atoms with E-state index in [4.69, 9.17) is 0 Å². The molecule has 0 spiro atoms. The first-order chi connectivity index (χ1) is 6.08. The molecule has 0 aromatic heterocycles. The molecule has 3 heteroatoms. The SMILES string of the molecule is CCC(C)(C=O)CN(C)CCSC. The highest BCUT2D eigenvalue weighted by Crippen LogP contribution is 2.18. The molecule has 78 valence electrons. The van der Waals surface area contributed by atoms with Gasteiger partial charge in [0.2, 0.25) is 0 Å². The topological polar surface area (TPSA) is 20.3 Å². The summed E-state index contributed by atoms with van der Waals surface area (Å²) in [5, 5.41) is 0. The molecule has 2 nitrogen and oxygen atoms in total. The summed E-state index contributed by atoms with van der Waals surface area (Å²) < 4.78 is 0. The van der Waals surface area contributed by atoms with Gasteiger partial charge in [0.1, 0.15) is 6.29 Å². The van der Waals surface area contributed by atoms with E-state index in [9.17, 15) is 4.79 Å². The van der Waals surface area contributed by atoms with Gasteiger partial charge >= 0.3 is 0 Å². The van der Waals surface area contributed by atoms with E-state index in [1.165, 1.54) is 0 Å². The predicted octanol–water partition coefficient (Wildman–Crippen LogP) is 1.90. The molecule has 0 aromatic carbocycles. The highest BCUT2D eigenvalue weighted by atomic mass is 32.2. The third-order valence-electron chi connectivity index (χ3n) is 2.40. The Morgan fingerprint density at radius 1 is 1.54 bits per heavy atom. The summed E-state index contributed by atoms with van der Waals surface area (Å²) in [5.41, 5.74) is -0.160. The van der Waals surface area contributed by atoms with Crippen molar-refractivity contribution >= 4 is 18.0 Å². The average molecular weight is 203 g/mol. The van der Waals surface area contributed by atoms with Crippen molar-refractivity contribution in [2.75, 3.05) is 32.1 Å². The fraction of sp³-hybridized carbons (Fsp3) is 0.900. The quantitative estimate of drug-likeness (QED) is 0.589. The summed E-state index contributed by atoms with van der Waals surface area (Å²) in [6, 6.07) is 0. The van der Waals surface area contributed by atoms with Gasteiger partial charge in [-0.25, -0.2) is 0 Å². The average Bonchev–Trinajstić information content (AvgIpc) is 2.14. The minimum Gasteiger partial charge on any atom is -0.305 e. The second kappa shape index (κ2) is 6.44. The van der Waals surface area contributed by atoms with E-state index in [0.717, 1.165) is 31.5 Å². The van der Waals surface area contributed by atoms with Crippen molar-refractivity contribution in [2.45, 2.75) is 20.3 Å². The smallest absolute Gasteiger partial charge is 0.127 e. The summed E-state index contributed by atoms with van der Waals surface area (Å²) >= 11 is 1.84. The molecule has 0 saturated carbocycles. The highest BCUT2D eigenvalue weighted by Gasteiger charge is 2.22. The fourth-order valence-corrected chi connectivity index (χ4v) is 1.67. The second-order valence-corrected chi connectivity index (χ2v) is 4.84. The van der Waals surface area contributed by atoms with Gasteiger partial charge in [0.25, 0.3) is 0 Å². The normalized spacial score (nSPS) is 15.8. The Hall–Kier alpha value is -0.0200. The lowest BCUT2D eigenvalue weighted by Crippen LogP contribution is -2.35. The summed E-state index contributed by atoms with van der Waals surface area (Å²) in [7, 11) is 2.08. The number of hydrogen-bond donors (Lipinski definition) is 0. The fourth-order valence-electron chi connectivity index (χ4n) is 1.18. The first-order valence-electron chi connectivity index (χ1n) is 4.72. The monoisotopic (exact) mass is 203 g/mol. The third-order valence-corrected chi connectivity index (χ3v) is 2.99. The Morgan fingerprint density at radius 2 is 2.15 bits per heavy atom. The molecule has 0 aliphatic carbocycles. The van der Waals surface area contributed by atoms with Crippen LogP contribution in [0.15, 0.2) is 0 Å². The lowest BCUT2D eigenvalue weighted by atomic mass is 9.89. The largest absolute Gasteiger partial charge is 0.305 e. The molecule has 0 aliphatic heterocycles. The maximum atomic E-state index is 10.8. The Labute approximate surface area is 86.1 Å². The summed E-state index contributed by atoms with van der Waals surface area (Å²) in [5.74, 6) is 1.13. The Morgan fingerprint density at radius 3 is 2.54 bits per heavy atom. The van der Waals surface area contributed by atoms with Gasteiger partial charge in [0.15, 0.2) is 0 Å². The Balaban J connectivity index is 3.86. The molecule has 0 heterocycles. The van der Waals surface area contributed by atoms with Crippen LogP contribution in [0.3, 0.4) is 0 Å². The summed E-state index contributed by atoms with van der Waals surface area (Å²) in [4.78, 5) is 13.1. The first kappa shape index (κ1) is 13.0. The number of carbonyl (C=O) groups excluding carboxylic acids is 1. The van der Waals surface area contributed by atoms with Crippen LogP contribution in [0.4, 0.5) is 0 Å². The van der Waals surface area contributed by atoms with Crippen LogP contribution in [-0.2, 0) is 4.79 Å². The van der Waals surface area contributed by atoms with Crippen molar-refractivity contribution in [3.05, 3.63) is 0 Å². The molecule has 0 aliphatic rings. The van der Waals surface area contributed by atoms with Crippen LogP contribution in [0.25, 0.3) is 0 Å². The molecular formula is C10H21NOS. The Bertz CT molecular complexity index is 152. The molecule has 1 atom stereocenters. The van der Waals surface area contributed by atoms with Gasteiger partial charge in [-0.2, -0.15) is 11.8 Å². The van der Waals surface area contributed by atoms with Crippen molar-refractivity contribution in [1.29, 1.82) is 0 Å². The molecule has 0 bridgehead atoms. The minimum atomic E-state index is -0.160. The number of nitrogens with zero attached hydrogens (tertiary/aromatic N) is 1. The van der Waals surface area contributed by atoms with Crippen LogP contribution in [0, 0.1) is 5.41 Å². The van der Waals surface area contributed by atoms with Crippen LogP contribution < -0.4 is 0 Å². The minimum absolute atomic E-state index is 0.160. The van der Waals surface area contributed by atoms with Crippen molar-refractivity contribution in [3.8, 4) is 0 Å². The number of carbonyl (C=O) groups is 1. The zero-order chi connectivity index (χ0) is 10.3. The molecule has 0 amide bonds. The van der Waals surface area contributed by atoms with E-state index in [-0.39, 0.29) is 5.41 Å². The second-order valence-electron chi connectivity index (χ2n) is 3.86. The van der Waals surface area contributed by atoms with Gasteiger partial charge < -0.3 is 9.69 Å². The lowest BCUT2D eigenvalue weighted by Gasteiger charge is -2.27. The lowest BCUT2D eigenvalue weighted by molar-refractivity contribution is -0.116. The van der Waals surface area contributed by atoms with Gasteiger partial charge in [0, 0.05) is 24.3 Å². The number of hydrogen-bond acceptors (Lipinski definition) is 3. The zero-order valence-corrected chi connectivity index (χ0v) is 9.99. The number of thioether (sulfide) groups is 1. The van der Waals surface area contributed by atoms with Gasteiger partial charge in [0.05, 0.1) is 0 Å². The Kier molecular flexibility index (Phi) is 6.43. The van der Waals surface area contributed by atoms with E-state index in [2.05, 4.69) is 25.1 Å². The number of aldehydes is 1. The van der Waals surface area contributed by atoms with Crippen molar-refractivity contribution < 1.29 is 4.79 Å². The molecule has 0 fully saturated rings. The molecule has 0 rings (SSSR count). The standard InChI is InChI=1S/C10H21NOS/c1-5-10(2,9-12)8-11(3)6-7-13-4/h9H,5-8H2,1-4H3. The summed E-state index contributed by atoms with van der Waals surface area (Å²) in [6.45, 7) is 6.02.